The summed E-state index contributed by atoms with van der Waals surface area (Å²) in [4.78, 5) is 26.0. The van der Waals surface area contributed by atoms with Crippen LogP contribution in [0.3, 0.4) is 0 Å². The smallest absolute Gasteiger partial charge is 0.436 e. The van der Waals surface area contributed by atoms with Crippen LogP contribution in [0.4, 0.5) is 18.9 Å². The van der Waals surface area contributed by atoms with Gasteiger partial charge in [0.25, 0.3) is 5.91 Å². The first-order valence-electron chi connectivity index (χ1n) is 9.22. The zero-order valence-corrected chi connectivity index (χ0v) is 17.5. The Morgan fingerprint density at radius 3 is 2.66 bits per heavy atom. The monoisotopic (exact) mass is 465 g/mol. The van der Waals surface area contributed by atoms with Crippen molar-refractivity contribution in [2.75, 3.05) is 18.7 Å². The van der Waals surface area contributed by atoms with Gasteiger partial charge in [0.05, 0.1) is 27.7 Å². The van der Waals surface area contributed by atoms with Gasteiger partial charge < -0.3 is 14.4 Å². The minimum absolute atomic E-state index is 0.0367. The van der Waals surface area contributed by atoms with Crippen LogP contribution in [0.1, 0.15) is 32.1 Å². The summed E-state index contributed by atoms with van der Waals surface area (Å²) in [7, 11) is 1.47. The molecule has 0 unspecified atom stereocenters. The van der Waals surface area contributed by atoms with Crippen LogP contribution >= 0.6 is 11.6 Å². The Morgan fingerprint density at radius 1 is 1.25 bits per heavy atom. The van der Waals surface area contributed by atoms with E-state index < -0.39 is 22.8 Å². The first-order valence-corrected chi connectivity index (χ1v) is 9.60. The van der Waals surface area contributed by atoms with Crippen molar-refractivity contribution < 1.29 is 32.2 Å². The molecule has 0 aliphatic carbocycles. The Hall–Kier alpha value is -3.53. The number of hydrogen-bond acceptors (Lipinski definition) is 5. The lowest BCUT2D eigenvalue weighted by atomic mass is 10.1. The predicted molar refractivity (Wildman–Crippen MR) is 109 cm³/mol. The SMILES string of the molecule is Cc1c(Cl)c(C(F)(F)F)nn1-c1cccc(C(=O)N(C)c2ccc3c(c2C=O)OCO3)c1. The molecule has 0 saturated heterocycles. The van der Waals surface area contributed by atoms with Crippen molar-refractivity contribution in [1.29, 1.82) is 0 Å². The molecule has 1 aliphatic rings. The Balaban J connectivity index is 1.71. The molecule has 2 aromatic carbocycles. The molecule has 4 rings (SSSR count). The number of ether oxygens (including phenoxy) is 2. The van der Waals surface area contributed by atoms with Crippen molar-refractivity contribution in [1.82, 2.24) is 9.78 Å². The summed E-state index contributed by atoms with van der Waals surface area (Å²) < 4.78 is 51.1. The third-order valence-corrected chi connectivity index (χ3v) is 5.44. The average molecular weight is 466 g/mol. The molecule has 3 aromatic rings. The van der Waals surface area contributed by atoms with Crippen LogP contribution in [-0.2, 0) is 6.18 Å². The topological polar surface area (TPSA) is 73.7 Å². The summed E-state index contributed by atoms with van der Waals surface area (Å²) in [6, 6.07) is 9.04. The summed E-state index contributed by atoms with van der Waals surface area (Å²) in [6.07, 6.45) is -4.15. The maximum Gasteiger partial charge on any atom is 0.436 e. The van der Waals surface area contributed by atoms with E-state index in [1.807, 2.05) is 0 Å². The highest BCUT2D eigenvalue weighted by Crippen LogP contribution is 2.40. The largest absolute Gasteiger partial charge is 0.454 e. The van der Waals surface area contributed by atoms with Crippen LogP contribution in [-0.4, -0.2) is 35.8 Å². The molecule has 0 bridgehead atoms. The zero-order valence-electron chi connectivity index (χ0n) is 16.7. The van der Waals surface area contributed by atoms with Gasteiger partial charge in [-0.05, 0) is 37.3 Å². The van der Waals surface area contributed by atoms with Gasteiger partial charge in [0.15, 0.2) is 23.5 Å². The highest BCUT2D eigenvalue weighted by Gasteiger charge is 2.38. The third kappa shape index (κ3) is 3.56. The van der Waals surface area contributed by atoms with Crippen LogP contribution in [0, 0.1) is 6.92 Å². The van der Waals surface area contributed by atoms with Crippen molar-refractivity contribution in [3.8, 4) is 17.2 Å². The van der Waals surface area contributed by atoms with E-state index in [0.29, 0.717) is 12.0 Å². The fourth-order valence-electron chi connectivity index (χ4n) is 3.38. The van der Waals surface area contributed by atoms with Crippen molar-refractivity contribution in [3.63, 3.8) is 0 Å². The van der Waals surface area contributed by atoms with Gasteiger partial charge in [-0.1, -0.05) is 17.7 Å². The quantitative estimate of drug-likeness (QED) is 0.523. The first-order chi connectivity index (χ1) is 15.1. The molecule has 0 spiro atoms. The second kappa shape index (κ2) is 7.86. The molecule has 1 aromatic heterocycles. The fourth-order valence-corrected chi connectivity index (χ4v) is 3.60. The van der Waals surface area contributed by atoms with Crippen molar-refractivity contribution in [2.45, 2.75) is 13.1 Å². The lowest BCUT2D eigenvalue weighted by molar-refractivity contribution is -0.141. The predicted octanol–water partition coefficient (Wildman–Crippen LogP) is 4.67. The van der Waals surface area contributed by atoms with E-state index in [1.54, 1.807) is 12.1 Å². The van der Waals surface area contributed by atoms with E-state index in [1.165, 1.54) is 43.1 Å². The Labute approximate surface area is 184 Å². The molecule has 32 heavy (non-hydrogen) atoms. The number of anilines is 1. The van der Waals surface area contributed by atoms with Crippen molar-refractivity contribution in [2.24, 2.45) is 0 Å². The second-order valence-electron chi connectivity index (χ2n) is 6.92. The van der Waals surface area contributed by atoms with Crippen LogP contribution in [0.15, 0.2) is 36.4 Å². The first kappa shape index (κ1) is 21.7. The van der Waals surface area contributed by atoms with Gasteiger partial charge in [0.1, 0.15) is 0 Å². The number of alkyl halides is 3. The van der Waals surface area contributed by atoms with Crippen LogP contribution in [0.2, 0.25) is 5.02 Å². The molecule has 2 heterocycles. The van der Waals surface area contributed by atoms with Gasteiger partial charge in [0, 0.05) is 12.6 Å². The number of benzene rings is 2. The molecule has 0 atom stereocenters. The molecular formula is C21H15ClF3N3O4. The molecule has 0 radical (unpaired) electrons. The van der Waals surface area contributed by atoms with Crippen molar-refractivity contribution in [3.05, 3.63) is 63.9 Å². The normalized spacial score (nSPS) is 12.7. The molecule has 1 amide bonds. The summed E-state index contributed by atoms with van der Waals surface area (Å²) in [5, 5.41) is 3.07. The van der Waals surface area contributed by atoms with Crippen LogP contribution in [0.5, 0.6) is 11.5 Å². The lowest BCUT2D eigenvalue weighted by Gasteiger charge is -2.20. The number of fused-ring (bicyclic) bond motifs is 1. The summed E-state index contributed by atoms with van der Waals surface area (Å²) >= 11 is 5.83. The number of aromatic nitrogens is 2. The number of halogens is 4. The fraction of sp³-hybridized carbons (Fsp3) is 0.190. The van der Waals surface area contributed by atoms with E-state index in [-0.39, 0.29) is 40.7 Å². The van der Waals surface area contributed by atoms with Gasteiger partial charge in [0.2, 0.25) is 6.79 Å². The van der Waals surface area contributed by atoms with Gasteiger partial charge >= 0.3 is 6.18 Å². The van der Waals surface area contributed by atoms with Gasteiger partial charge in [-0.25, -0.2) is 4.68 Å². The molecule has 0 N–H and O–H groups in total. The molecule has 1 aliphatic heterocycles. The van der Waals surface area contributed by atoms with Crippen LogP contribution in [0.25, 0.3) is 5.69 Å². The van der Waals surface area contributed by atoms with E-state index in [4.69, 9.17) is 21.1 Å². The zero-order chi connectivity index (χ0) is 23.2. The standard InChI is InChI=1S/C21H15ClF3N3O4/c1-11-17(22)19(21(23,24)25)26-28(11)13-5-3-4-12(8-13)20(30)27(2)15-6-7-16-18(14(15)9-29)32-10-31-16/h3-9H,10H2,1-2H3. The van der Waals surface area contributed by atoms with Crippen LogP contribution < -0.4 is 14.4 Å². The Morgan fingerprint density at radius 2 is 2.00 bits per heavy atom. The minimum Gasteiger partial charge on any atom is -0.454 e. The highest BCUT2D eigenvalue weighted by molar-refractivity contribution is 6.32. The van der Waals surface area contributed by atoms with E-state index in [2.05, 4.69) is 5.10 Å². The van der Waals surface area contributed by atoms with Gasteiger partial charge in [-0.15, -0.1) is 0 Å². The average Bonchev–Trinajstić information content (AvgIpc) is 3.36. The van der Waals surface area contributed by atoms with E-state index in [9.17, 15) is 22.8 Å². The third-order valence-electron chi connectivity index (χ3n) is 4.99. The maximum atomic E-state index is 13.2. The lowest BCUT2D eigenvalue weighted by Crippen LogP contribution is -2.27. The molecule has 11 heteroatoms. The molecular weight excluding hydrogens is 451 g/mol. The van der Waals surface area contributed by atoms with Gasteiger partial charge in [-0.3, -0.25) is 9.59 Å². The summed E-state index contributed by atoms with van der Waals surface area (Å²) in [5.74, 6) is 0.137. The highest BCUT2D eigenvalue weighted by atomic mass is 35.5. The molecule has 0 fully saturated rings. The van der Waals surface area contributed by atoms with E-state index in [0.717, 1.165) is 4.68 Å². The Bertz CT molecular complexity index is 1240. The van der Waals surface area contributed by atoms with E-state index >= 15 is 0 Å². The number of rotatable bonds is 4. The van der Waals surface area contributed by atoms with Gasteiger partial charge in [-0.2, -0.15) is 18.3 Å². The van der Waals surface area contributed by atoms with Crippen molar-refractivity contribution >= 4 is 29.5 Å². The number of carbonyl (C=O) groups excluding carboxylic acids is 2. The number of nitrogens with zero attached hydrogens (tertiary/aromatic N) is 3. The second-order valence-corrected chi connectivity index (χ2v) is 7.30. The molecule has 7 nitrogen and oxygen atoms in total. The number of amides is 1. The Kier molecular flexibility index (Phi) is 5.33. The molecule has 0 saturated carbocycles. The molecule has 166 valence electrons. The summed E-state index contributed by atoms with van der Waals surface area (Å²) in [5.41, 5.74) is -0.300. The number of carbonyl (C=O) groups is 2. The number of hydrogen-bond donors (Lipinski definition) is 0. The number of aldehydes is 1. The maximum absolute atomic E-state index is 13.2. The summed E-state index contributed by atoms with van der Waals surface area (Å²) in [6.45, 7) is 1.36. The minimum atomic E-state index is -4.72.